The van der Waals surface area contributed by atoms with Crippen molar-refractivity contribution in [1.29, 1.82) is 0 Å². The van der Waals surface area contributed by atoms with Gasteiger partial charge >= 0.3 is 5.97 Å². The Bertz CT molecular complexity index is 433. The fourth-order valence-corrected chi connectivity index (χ4v) is 1.69. The molecule has 0 aliphatic rings. The summed E-state index contributed by atoms with van der Waals surface area (Å²) in [6, 6.07) is 0. The Morgan fingerprint density at radius 1 is 1.28 bits per heavy atom. The SMILES string of the molecule is COC(C)(C)c1nc(C)c(CCC(=O)O)c(C)n1. The molecule has 0 aliphatic carbocycles. The van der Waals surface area contributed by atoms with Gasteiger partial charge in [-0.3, -0.25) is 4.79 Å². The Morgan fingerprint density at radius 2 is 1.78 bits per heavy atom. The number of carboxylic acid groups (broad SMARTS) is 1. The van der Waals surface area contributed by atoms with Crippen LogP contribution in [0.5, 0.6) is 0 Å². The molecule has 1 aromatic heterocycles. The molecule has 0 unspecified atom stereocenters. The van der Waals surface area contributed by atoms with Crippen molar-refractivity contribution in [2.45, 2.75) is 46.1 Å². The summed E-state index contributed by atoms with van der Waals surface area (Å²) in [5.74, 6) is -0.186. The van der Waals surface area contributed by atoms with Crippen molar-refractivity contribution in [2.24, 2.45) is 0 Å². The van der Waals surface area contributed by atoms with Gasteiger partial charge in [0.15, 0.2) is 5.82 Å². The molecule has 0 radical (unpaired) electrons. The van der Waals surface area contributed by atoms with Crippen molar-refractivity contribution in [3.63, 3.8) is 0 Å². The number of hydrogen-bond donors (Lipinski definition) is 1. The summed E-state index contributed by atoms with van der Waals surface area (Å²) in [4.78, 5) is 19.5. The van der Waals surface area contributed by atoms with E-state index in [4.69, 9.17) is 9.84 Å². The van der Waals surface area contributed by atoms with Crippen LogP contribution in [0.25, 0.3) is 0 Å². The zero-order chi connectivity index (χ0) is 13.9. The Morgan fingerprint density at radius 3 is 2.17 bits per heavy atom. The Labute approximate surface area is 107 Å². The van der Waals surface area contributed by atoms with Gasteiger partial charge in [0.05, 0.1) is 0 Å². The number of ether oxygens (including phenoxy) is 1. The molecule has 1 N–H and O–H groups in total. The van der Waals surface area contributed by atoms with Gasteiger partial charge in [-0.15, -0.1) is 0 Å². The van der Waals surface area contributed by atoms with Crippen LogP contribution in [0.3, 0.4) is 0 Å². The molecule has 1 rings (SSSR count). The molecule has 0 atom stereocenters. The number of hydrogen-bond acceptors (Lipinski definition) is 4. The monoisotopic (exact) mass is 252 g/mol. The molecule has 0 saturated carbocycles. The highest BCUT2D eigenvalue weighted by Crippen LogP contribution is 2.22. The summed E-state index contributed by atoms with van der Waals surface area (Å²) >= 11 is 0. The number of nitrogens with zero attached hydrogens (tertiary/aromatic N) is 2. The summed E-state index contributed by atoms with van der Waals surface area (Å²) in [7, 11) is 1.62. The first-order valence-corrected chi connectivity index (χ1v) is 5.89. The second kappa shape index (κ2) is 5.44. The maximum Gasteiger partial charge on any atom is 0.303 e. The van der Waals surface area contributed by atoms with E-state index in [1.807, 2.05) is 27.7 Å². The van der Waals surface area contributed by atoms with Crippen LogP contribution >= 0.6 is 0 Å². The van der Waals surface area contributed by atoms with Crippen LogP contribution in [0.2, 0.25) is 0 Å². The highest BCUT2D eigenvalue weighted by atomic mass is 16.5. The zero-order valence-electron chi connectivity index (χ0n) is 11.6. The van der Waals surface area contributed by atoms with Gasteiger partial charge < -0.3 is 9.84 Å². The van der Waals surface area contributed by atoms with Gasteiger partial charge in [0.2, 0.25) is 0 Å². The lowest BCUT2D eigenvalue weighted by Gasteiger charge is -2.22. The highest BCUT2D eigenvalue weighted by Gasteiger charge is 2.24. The molecular formula is C13H20N2O3. The number of aryl methyl sites for hydroxylation is 2. The first kappa shape index (κ1) is 14.6. The quantitative estimate of drug-likeness (QED) is 0.867. The summed E-state index contributed by atoms with van der Waals surface area (Å²) in [5.41, 5.74) is 2.02. The van der Waals surface area contributed by atoms with Crippen LogP contribution < -0.4 is 0 Å². The summed E-state index contributed by atoms with van der Waals surface area (Å²) in [5, 5.41) is 8.72. The van der Waals surface area contributed by atoms with Crippen molar-refractivity contribution in [2.75, 3.05) is 7.11 Å². The number of rotatable bonds is 5. The molecule has 5 nitrogen and oxygen atoms in total. The van der Waals surface area contributed by atoms with Crippen molar-refractivity contribution in [3.8, 4) is 0 Å². The molecular weight excluding hydrogens is 232 g/mol. The first-order chi connectivity index (χ1) is 8.27. The van der Waals surface area contributed by atoms with Crippen LogP contribution in [0.4, 0.5) is 0 Å². The van der Waals surface area contributed by atoms with Gasteiger partial charge in [0, 0.05) is 24.9 Å². The molecule has 18 heavy (non-hydrogen) atoms. The molecule has 1 heterocycles. The third kappa shape index (κ3) is 3.26. The molecule has 5 heteroatoms. The van der Waals surface area contributed by atoms with Crippen LogP contribution in [0.1, 0.15) is 43.0 Å². The first-order valence-electron chi connectivity index (χ1n) is 5.89. The standard InChI is InChI=1S/C13H20N2O3/c1-8-10(6-7-11(16)17)9(2)15-12(14-8)13(3,4)18-5/h6-7H2,1-5H3,(H,16,17). The third-order valence-corrected chi connectivity index (χ3v) is 3.06. The van der Waals surface area contributed by atoms with Crippen LogP contribution in [0.15, 0.2) is 0 Å². The molecule has 0 amide bonds. The van der Waals surface area contributed by atoms with Crippen LogP contribution in [-0.2, 0) is 21.6 Å². The minimum atomic E-state index is -0.810. The Balaban J connectivity index is 3.08. The predicted octanol–water partition coefficient (Wildman–Crippen LogP) is 1.99. The fraction of sp³-hybridized carbons (Fsp3) is 0.615. The normalized spacial score (nSPS) is 11.6. The number of methoxy groups -OCH3 is 1. The van der Waals surface area contributed by atoms with E-state index in [9.17, 15) is 4.79 Å². The van der Waals surface area contributed by atoms with E-state index in [0.717, 1.165) is 17.0 Å². The second-order valence-corrected chi connectivity index (χ2v) is 4.80. The molecule has 1 aromatic rings. The van der Waals surface area contributed by atoms with Gasteiger partial charge in [0.25, 0.3) is 0 Å². The predicted molar refractivity (Wildman–Crippen MR) is 67.5 cm³/mol. The van der Waals surface area contributed by atoms with Crippen molar-refractivity contribution >= 4 is 5.97 Å². The van der Waals surface area contributed by atoms with E-state index in [-0.39, 0.29) is 6.42 Å². The van der Waals surface area contributed by atoms with E-state index in [2.05, 4.69) is 9.97 Å². The van der Waals surface area contributed by atoms with Gasteiger partial charge in [-0.05, 0) is 39.7 Å². The lowest BCUT2D eigenvalue weighted by Crippen LogP contribution is -2.24. The van der Waals surface area contributed by atoms with Gasteiger partial charge in [-0.25, -0.2) is 9.97 Å². The van der Waals surface area contributed by atoms with Gasteiger partial charge in [0.1, 0.15) is 5.60 Å². The Hall–Kier alpha value is -1.49. The van der Waals surface area contributed by atoms with E-state index < -0.39 is 11.6 Å². The van der Waals surface area contributed by atoms with E-state index in [0.29, 0.717) is 12.2 Å². The molecule has 0 spiro atoms. The lowest BCUT2D eigenvalue weighted by atomic mass is 10.0. The Kier molecular flexibility index (Phi) is 4.40. The topological polar surface area (TPSA) is 72.3 Å². The van der Waals surface area contributed by atoms with Crippen molar-refractivity contribution < 1.29 is 14.6 Å². The van der Waals surface area contributed by atoms with Crippen LogP contribution in [0, 0.1) is 13.8 Å². The minimum absolute atomic E-state index is 0.0953. The van der Waals surface area contributed by atoms with E-state index in [1.54, 1.807) is 7.11 Å². The maximum absolute atomic E-state index is 10.6. The van der Waals surface area contributed by atoms with Crippen molar-refractivity contribution in [3.05, 3.63) is 22.8 Å². The average Bonchev–Trinajstić information content (AvgIpc) is 2.27. The zero-order valence-corrected chi connectivity index (χ0v) is 11.6. The molecule has 0 aromatic carbocycles. The number of aromatic nitrogens is 2. The minimum Gasteiger partial charge on any atom is -0.481 e. The van der Waals surface area contributed by atoms with E-state index in [1.165, 1.54) is 0 Å². The highest BCUT2D eigenvalue weighted by molar-refractivity contribution is 5.67. The molecule has 0 saturated heterocycles. The smallest absolute Gasteiger partial charge is 0.303 e. The number of carboxylic acids is 1. The molecule has 100 valence electrons. The summed E-state index contributed by atoms with van der Waals surface area (Å²) < 4.78 is 5.35. The molecule has 0 fully saturated rings. The van der Waals surface area contributed by atoms with Crippen LogP contribution in [-0.4, -0.2) is 28.2 Å². The molecule has 0 bridgehead atoms. The molecule has 0 aliphatic heterocycles. The second-order valence-electron chi connectivity index (χ2n) is 4.80. The average molecular weight is 252 g/mol. The lowest BCUT2D eigenvalue weighted by molar-refractivity contribution is -0.136. The number of aliphatic carboxylic acids is 1. The van der Waals surface area contributed by atoms with Gasteiger partial charge in [-0.2, -0.15) is 0 Å². The summed E-state index contributed by atoms with van der Waals surface area (Å²) in [6.45, 7) is 7.55. The third-order valence-electron chi connectivity index (χ3n) is 3.06. The maximum atomic E-state index is 10.6. The van der Waals surface area contributed by atoms with Crippen molar-refractivity contribution in [1.82, 2.24) is 9.97 Å². The van der Waals surface area contributed by atoms with Gasteiger partial charge in [-0.1, -0.05) is 0 Å². The largest absolute Gasteiger partial charge is 0.481 e. The number of carbonyl (C=O) groups is 1. The summed E-state index contributed by atoms with van der Waals surface area (Å²) in [6.07, 6.45) is 0.554. The van der Waals surface area contributed by atoms with E-state index >= 15 is 0 Å². The fourth-order valence-electron chi connectivity index (χ4n) is 1.69.